The smallest absolute Gasteiger partial charge is 0.136 e. The van der Waals surface area contributed by atoms with Gasteiger partial charge in [-0.2, -0.15) is 0 Å². The molecule has 0 spiro atoms. The number of rotatable bonds is 5. The van der Waals surface area contributed by atoms with Crippen molar-refractivity contribution in [3.05, 3.63) is 35.4 Å². The summed E-state index contributed by atoms with van der Waals surface area (Å²) in [5.41, 5.74) is 2.55. The van der Waals surface area contributed by atoms with Crippen LogP contribution in [-0.2, 0) is 17.8 Å². The van der Waals surface area contributed by atoms with E-state index in [1.807, 2.05) is 20.8 Å². The van der Waals surface area contributed by atoms with Crippen molar-refractivity contribution < 1.29 is 4.55 Å². The van der Waals surface area contributed by atoms with Gasteiger partial charge in [0.25, 0.3) is 0 Å². The second kappa shape index (κ2) is 6.78. The summed E-state index contributed by atoms with van der Waals surface area (Å²) in [5, 5.41) is 0. The van der Waals surface area contributed by atoms with Gasteiger partial charge in [0.2, 0.25) is 0 Å². The molecule has 0 saturated carbocycles. The molecular formula is C16H27NOS. The molecule has 1 N–H and O–H groups in total. The molecule has 1 aromatic rings. The van der Waals surface area contributed by atoms with E-state index in [1.165, 1.54) is 11.1 Å². The lowest BCUT2D eigenvalue weighted by molar-refractivity contribution is 0.531. The molecule has 2 atom stereocenters. The molecule has 0 amide bonds. The lowest BCUT2D eigenvalue weighted by atomic mass is 10.0. The summed E-state index contributed by atoms with van der Waals surface area (Å²) in [7, 11) is 0. The fraction of sp³-hybridized carbons (Fsp3) is 0.625. The summed E-state index contributed by atoms with van der Waals surface area (Å²) in [4.78, 5) is 0. The first-order valence-corrected chi connectivity index (χ1v) is 8.12. The highest BCUT2D eigenvalue weighted by Gasteiger charge is 2.28. The molecule has 1 unspecified atom stereocenters. The quantitative estimate of drug-likeness (QED) is 0.828. The van der Waals surface area contributed by atoms with E-state index in [4.69, 9.17) is 0 Å². The van der Waals surface area contributed by atoms with Crippen molar-refractivity contribution in [2.75, 3.05) is 0 Å². The zero-order valence-corrected chi connectivity index (χ0v) is 13.8. The molecule has 108 valence electrons. The molecule has 0 heterocycles. The minimum Gasteiger partial charge on any atom is -0.598 e. The van der Waals surface area contributed by atoms with Crippen molar-refractivity contribution in [2.45, 2.75) is 58.8 Å². The van der Waals surface area contributed by atoms with Gasteiger partial charge in [-0.3, -0.25) is 0 Å². The molecule has 19 heavy (non-hydrogen) atoms. The van der Waals surface area contributed by atoms with Crippen LogP contribution in [0.15, 0.2) is 24.3 Å². The molecule has 1 rings (SSSR count). The van der Waals surface area contributed by atoms with Crippen molar-refractivity contribution in [3.8, 4) is 0 Å². The Bertz CT molecular complexity index is 381. The zero-order chi connectivity index (χ0) is 14.6. The number of hydrogen-bond acceptors (Lipinski definition) is 2. The summed E-state index contributed by atoms with van der Waals surface area (Å²) in [6.45, 7) is 12.5. The summed E-state index contributed by atoms with van der Waals surface area (Å²) < 4.78 is 15.0. The van der Waals surface area contributed by atoms with Crippen molar-refractivity contribution in [2.24, 2.45) is 5.92 Å². The lowest BCUT2D eigenvalue weighted by Crippen LogP contribution is -2.40. The normalized spacial score (nSPS) is 15.6. The topological polar surface area (TPSA) is 35.1 Å². The van der Waals surface area contributed by atoms with Crippen LogP contribution in [0.2, 0.25) is 0 Å². The van der Waals surface area contributed by atoms with Crippen LogP contribution in [0.3, 0.4) is 0 Å². The average Bonchev–Trinajstić information content (AvgIpc) is 2.27. The van der Waals surface area contributed by atoms with Crippen LogP contribution < -0.4 is 4.72 Å². The van der Waals surface area contributed by atoms with Gasteiger partial charge >= 0.3 is 0 Å². The Hall–Kier alpha value is -0.510. The summed E-state index contributed by atoms with van der Waals surface area (Å²) >= 11 is -1.03. The second-order valence-corrected chi connectivity index (χ2v) is 8.56. The molecule has 0 aliphatic rings. The highest BCUT2D eigenvalue weighted by atomic mass is 32.2. The van der Waals surface area contributed by atoms with Crippen LogP contribution in [0.4, 0.5) is 0 Å². The maximum absolute atomic E-state index is 12.1. The highest BCUT2D eigenvalue weighted by molar-refractivity contribution is 7.90. The monoisotopic (exact) mass is 281 g/mol. The third-order valence-electron chi connectivity index (χ3n) is 2.96. The van der Waals surface area contributed by atoms with Gasteiger partial charge in [0.05, 0.1) is 6.04 Å². The van der Waals surface area contributed by atoms with Gasteiger partial charge < -0.3 is 4.55 Å². The molecule has 0 aliphatic carbocycles. The van der Waals surface area contributed by atoms with Gasteiger partial charge in [-0.15, -0.1) is 4.72 Å². The second-order valence-electron chi connectivity index (χ2n) is 6.56. The minimum absolute atomic E-state index is 0.105. The molecular weight excluding hydrogens is 254 g/mol. The molecule has 0 fully saturated rings. The first-order chi connectivity index (χ1) is 8.70. The third kappa shape index (κ3) is 5.55. The lowest BCUT2D eigenvalue weighted by Gasteiger charge is -2.26. The molecule has 0 saturated heterocycles. The van der Waals surface area contributed by atoms with Gasteiger partial charge in [-0.25, -0.2) is 0 Å². The number of nitrogens with one attached hydrogen (secondary N) is 1. The Balaban J connectivity index is 2.65. The van der Waals surface area contributed by atoms with E-state index in [9.17, 15) is 4.55 Å². The average molecular weight is 281 g/mol. The Kier molecular flexibility index (Phi) is 5.90. The van der Waals surface area contributed by atoms with Crippen molar-refractivity contribution in [3.63, 3.8) is 0 Å². The van der Waals surface area contributed by atoms with E-state index in [2.05, 4.69) is 49.8 Å². The van der Waals surface area contributed by atoms with E-state index < -0.39 is 11.4 Å². The zero-order valence-electron chi connectivity index (χ0n) is 13.0. The molecule has 2 nitrogen and oxygen atoms in total. The van der Waals surface area contributed by atoms with Gasteiger partial charge in [-0.1, -0.05) is 38.1 Å². The van der Waals surface area contributed by atoms with Crippen LogP contribution >= 0.6 is 0 Å². The Labute approximate surface area is 121 Å². The van der Waals surface area contributed by atoms with E-state index in [0.717, 1.165) is 6.42 Å². The van der Waals surface area contributed by atoms with Gasteiger partial charge in [0.15, 0.2) is 0 Å². The largest absolute Gasteiger partial charge is 0.598 e. The first kappa shape index (κ1) is 16.5. The highest BCUT2D eigenvalue weighted by Crippen LogP contribution is 2.20. The standard InChI is InChI=1S/C16H27NOS/c1-12(2)11-14-7-9-15(10-8-14)13(3)17-19(18)16(4,5)6/h7-10,12-13,17H,11H2,1-6H3/t13?,19-/m0/s1. The van der Waals surface area contributed by atoms with Crippen LogP contribution in [0.5, 0.6) is 0 Å². The van der Waals surface area contributed by atoms with Crippen LogP contribution in [-0.4, -0.2) is 9.30 Å². The molecule has 0 aliphatic heterocycles. The summed E-state index contributed by atoms with van der Waals surface area (Å²) in [6, 6.07) is 8.72. The maximum Gasteiger partial charge on any atom is 0.136 e. The molecule has 1 aromatic carbocycles. The fourth-order valence-electron chi connectivity index (χ4n) is 1.82. The summed E-state index contributed by atoms with van der Waals surface area (Å²) in [5.74, 6) is 0.676. The number of benzene rings is 1. The van der Waals surface area contributed by atoms with Crippen molar-refractivity contribution in [1.29, 1.82) is 0 Å². The maximum atomic E-state index is 12.1. The van der Waals surface area contributed by atoms with Gasteiger partial charge in [0, 0.05) is 11.4 Å². The Morgan fingerprint density at radius 3 is 2.05 bits per heavy atom. The van der Waals surface area contributed by atoms with Crippen LogP contribution in [0, 0.1) is 5.92 Å². The predicted octanol–water partition coefficient (Wildman–Crippen LogP) is 4.00. The third-order valence-corrected chi connectivity index (χ3v) is 4.64. The van der Waals surface area contributed by atoms with E-state index >= 15 is 0 Å². The molecule has 3 heteroatoms. The van der Waals surface area contributed by atoms with E-state index in [0.29, 0.717) is 5.92 Å². The molecule has 0 aromatic heterocycles. The predicted molar refractivity (Wildman–Crippen MR) is 84.4 cm³/mol. The van der Waals surface area contributed by atoms with E-state index in [1.54, 1.807) is 0 Å². The van der Waals surface area contributed by atoms with Gasteiger partial charge in [-0.05, 0) is 51.2 Å². The summed E-state index contributed by atoms with van der Waals surface area (Å²) in [6.07, 6.45) is 1.11. The Morgan fingerprint density at radius 1 is 1.11 bits per heavy atom. The van der Waals surface area contributed by atoms with E-state index in [-0.39, 0.29) is 10.8 Å². The van der Waals surface area contributed by atoms with Crippen LogP contribution in [0.1, 0.15) is 58.7 Å². The Morgan fingerprint density at radius 2 is 1.63 bits per heavy atom. The molecule has 0 radical (unpaired) electrons. The SMILES string of the molecule is CC(C)Cc1ccc(C(C)N[S@@+]([O-])C(C)(C)C)cc1. The van der Waals surface area contributed by atoms with Crippen molar-refractivity contribution >= 4 is 11.4 Å². The molecule has 0 bridgehead atoms. The van der Waals surface area contributed by atoms with Crippen LogP contribution in [0.25, 0.3) is 0 Å². The fourth-order valence-corrected chi connectivity index (χ4v) is 2.63. The first-order valence-electron chi connectivity index (χ1n) is 6.97. The van der Waals surface area contributed by atoms with Crippen molar-refractivity contribution in [1.82, 2.24) is 4.72 Å². The minimum atomic E-state index is -1.03. The van der Waals surface area contributed by atoms with Gasteiger partial charge in [0.1, 0.15) is 4.75 Å². The number of hydrogen-bond donors (Lipinski definition) is 1.